The first-order valence-corrected chi connectivity index (χ1v) is 11.4. The smallest absolute Gasteiger partial charge is 0.285 e. The highest BCUT2D eigenvalue weighted by Gasteiger charge is 2.14. The van der Waals surface area contributed by atoms with Gasteiger partial charge in [0.2, 0.25) is 0 Å². The molecule has 0 aliphatic heterocycles. The molecule has 3 heterocycles. The molecule has 0 unspecified atom stereocenters. The molecule has 5 rings (SSSR count). The number of anilines is 2. The zero-order chi connectivity index (χ0) is 21.2. The average molecular weight is 446 g/mol. The number of H-pyrrole nitrogens is 2. The molecule has 0 aliphatic rings. The zero-order valence-electron chi connectivity index (χ0n) is 16.1. The van der Waals surface area contributed by atoms with Gasteiger partial charge in [0.05, 0.1) is 16.7 Å². The summed E-state index contributed by atoms with van der Waals surface area (Å²) in [5.74, 6) is 0.590. The molecule has 0 saturated heterocycles. The first-order chi connectivity index (χ1) is 15.2. The van der Waals surface area contributed by atoms with Crippen LogP contribution in [0, 0.1) is 0 Å². The topological polar surface area (TPSA) is 88.1 Å². The molecule has 2 aromatic carbocycles. The van der Waals surface area contributed by atoms with Gasteiger partial charge in [0, 0.05) is 28.2 Å². The molecule has 5 aromatic rings. The Balaban J connectivity index is 1.33. The minimum atomic E-state index is -0.128. The predicted octanol–water partition coefficient (Wildman–Crippen LogP) is 5.28. The third kappa shape index (κ3) is 4.11. The first kappa shape index (κ1) is 19.2. The molecule has 152 valence electrons. The molecule has 6 nitrogen and oxygen atoms in total. The second-order valence-corrected chi connectivity index (χ2v) is 8.46. The van der Waals surface area contributed by atoms with Gasteiger partial charge in [0.1, 0.15) is 0 Å². The summed E-state index contributed by atoms with van der Waals surface area (Å²) in [7, 11) is 0. The summed E-state index contributed by atoms with van der Waals surface area (Å²) >= 11 is 2.98. The fraction of sp³-hybridized carbons (Fsp3) is 0. The van der Waals surface area contributed by atoms with E-state index in [1.165, 1.54) is 22.7 Å². The fourth-order valence-electron chi connectivity index (χ4n) is 3.19. The molecule has 3 aromatic heterocycles. The quantitative estimate of drug-likeness (QED) is 0.344. The number of benzene rings is 2. The van der Waals surface area contributed by atoms with E-state index in [9.17, 15) is 9.59 Å². The van der Waals surface area contributed by atoms with Crippen LogP contribution >= 0.6 is 22.7 Å². The van der Waals surface area contributed by atoms with Crippen molar-refractivity contribution in [3.8, 4) is 11.4 Å². The monoisotopic (exact) mass is 445 g/mol. The van der Waals surface area contributed by atoms with E-state index >= 15 is 0 Å². The Hall–Kier alpha value is -3.75. The Labute approximate surface area is 185 Å². The highest BCUT2D eigenvalue weighted by Crippen LogP contribution is 2.22. The van der Waals surface area contributed by atoms with Crippen LogP contribution in [-0.4, -0.2) is 16.8 Å². The lowest BCUT2D eigenvalue weighted by molar-refractivity contribution is -0.330. The molecule has 8 heteroatoms. The lowest BCUT2D eigenvalue weighted by Gasteiger charge is -2.03. The van der Waals surface area contributed by atoms with E-state index in [0.717, 1.165) is 33.8 Å². The van der Waals surface area contributed by atoms with Crippen molar-refractivity contribution >= 4 is 56.9 Å². The van der Waals surface area contributed by atoms with Gasteiger partial charge in [0.15, 0.2) is 11.0 Å². The second kappa shape index (κ2) is 8.17. The van der Waals surface area contributed by atoms with Crippen LogP contribution < -0.4 is 15.6 Å². The minimum Gasteiger partial charge on any atom is -0.322 e. The molecule has 0 spiro atoms. The van der Waals surface area contributed by atoms with Crippen molar-refractivity contribution in [1.82, 2.24) is 4.98 Å². The van der Waals surface area contributed by atoms with Crippen LogP contribution in [0.25, 0.3) is 22.4 Å². The number of amides is 2. The van der Waals surface area contributed by atoms with Crippen LogP contribution in [0.1, 0.15) is 20.7 Å². The largest absolute Gasteiger partial charge is 0.322 e. The summed E-state index contributed by atoms with van der Waals surface area (Å²) in [6.45, 7) is 0. The van der Waals surface area contributed by atoms with Gasteiger partial charge in [0.25, 0.3) is 17.6 Å². The van der Waals surface area contributed by atoms with Gasteiger partial charge < -0.3 is 10.6 Å². The summed E-state index contributed by atoms with van der Waals surface area (Å²) in [4.78, 5) is 31.2. The second-order valence-electron chi connectivity index (χ2n) is 6.90. The van der Waals surface area contributed by atoms with Crippen molar-refractivity contribution in [2.24, 2.45) is 0 Å². The van der Waals surface area contributed by atoms with E-state index in [0.29, 0.717) is 11.1 Å². The molecule has 4 N–H and O–H groups in total. The molecule has 0 atom stereocenters. The number of nitrogens with one attached hydrogen (secondary N) is 4. The van der Waals surface area contributed by atoms with Crippen LogP contribution in [0.2, 0.25) is 0 Å². The SMILES string of the molecule is O=C(Nc1ccc(-c2[nH]c3cc(NC(=O)c4ccsc4)ccc3[nH+]2)cc1)c1ccsc1. The van der Waals surface area contributed by atoms with Crippen LogP contribution in [-0.2, 0) is 0 Å². The van der Waals surface area contributed by atoms with Crippen molar-refractivity contribution in [3.05, 3.63) is 87.2 Å². The number of aromatic amines is 2. The standard InChI is InChI=1S/C23H16N4O2S2/c28-22(15-7-9-30-12-15)24-17-3-1-14(2-4-17)21-26-19-6-5-18(11-20(19)27-21)25-23(29)16-8-10-31-13-16/h1-13H,(H,24,28)(H,25,29)(H,26,27)/p+1. The highest BCUT2D eigenvalue weighted by molar-refractivity contribution is 7.08. The highest BCUT2D eigenvalue weighted by atomic mass is 32.1. The summed E-state index contributed by atoms with van der Waals surface area (Å²) in [5, 5.41) is 13.2. The number of thiophene rings is 2. The minimum absolute atomic E-state index is 0.122. The third-order valence-corrected chi connectivity index (χ3v) is 6.16. The van der Waals surface area contributed by atoms with Crippen LogP contribution in [0.5, 0.6) is 0 Å². The van der Waals surface area contributed by atoms with Gasteiger partial charge in [-0.05, 0) is 59.3 Å². The Bertz CT molecular complexity index is 1350. The maximum absolute atomic E-state index is 12.3. The molecule has 0 saturated carbocycles. The Morgan fingerprint density at radius 2 is 1.39 bits per heavy atom. The van der Waals surface area contributed by atoms with E-state index in [1.807, 2.05) is 64.0 Å². The molecular formula is C23H17N4O2S2+. The van der Waals surface area contributed by atoms with Crippen molar-refractivity contribution < 1.29 is 14.6 Å². The maximum Gasteiger partial charge on any atom is 0.285 e. The number of rotatable bonds is 5. The summed E-state index contributed by atoms with van der Waals surface area (Å²) in [5.41, 5.74) is 5.52. The maximum atomic E-state index is 12.3. The van der Waals surface area contributed by atoms with E-state index in [-0.39, 0.29) is 11.8 Å². The van der Waals surface area contributed by atoms with Gasteiger partial charge in [-0.15, -0.1) is 0 Å². The van der Waals surface area contributed by atoms with Gasteiger partial charge in [-0.2, -0.15) is 22.7 Å². The summed E-state index contributed by atoms with van der Waals surface area (Å²) < 4.78 is 0. The number of carbonyl (C=O) groups excluding carboxylic acids is 2. The Morgan fingerprint density at radius 1 is 0.774 bits per heavy atom. The zero-order valence-corrected chi connectivity index (χ0v) is 17.8. The molecule has 0 aliphatic carbocycles. The number of hydrogen-bond donors (Lipinski definition) is 3. The van der Waals surface area contributed by atoms with Crippen LogP contribution in [0.15, 0.2) is 76.1 Å². The Morgan fingerprint density at radius 3 is 2.00 bits per heavy atom. The number of imidazole rings is 1. The molecule has 2 amide bonds. The predicted molar refractivity (Wildman–Crippen MR) is 125 cm³/mol. The fourth-order valence-corrected chi connectivity index (χ4v) is 4.47. The van der Waals surface area contributed by atoms with Crippen molar-refractivity contribution in [2.45, 2.75) is 0 Å². The van der Waals surface area contributed by atoms with Gasteiger partial charge in [-0.3, -0.25) is 9.59 Å². The number of carbonyl (C=O) groups is 2. The van der Waals surface area contributed by atoms with E-state index < -0.39 is 0 Å². The molecule has 0 radical (unpaired) electrons. The number of aromatic nitrogens is 2. The van der Waals surface area contributed by atoms with E-state index in [2.05, 4.69) is 20.6 Å². The van der Waals surface area contributed by atoms with Crippen LogP contribution in [0.3, 0.4) is 0 Å². The first-order valence-electron chi connectivity index (χ1n) is 9.48. The van der Waals surface area contributed by atoms with Crippen LogP contribution in [0.4, 0.5) is 11.4 Å². The van der Waals surface area contributed by atoms with Crippen molar-refractivity contribution in [3.63, 3.8) is 0 Å². The average Bonchev–Trinajstić information content (AvgIpc) is 3.55. The summed E-state index contributed by atoms with van der Waals surface area (Å²) in [6, 6.07) is 16.9. The summed E-state index contributed by atoms with van der Waals surface area (Å²) in [6.07, 6.45) is 0. The van der Waals surface area contributed by atoms with Gasteiger partial charge >= 0.3 is 0 Å². The molecular weight excluding hydrogens is 428 g/mol. The van der Waals surface area contributed by atoms with Gasteiger partial charge in [-0.25, -0.2) is 9.97 Å². The van der Waals surface area contributed by atoms with E-state index in [4.69, 9.17) is 0 Å². The number of fused-ring (bicyclic) bond motifs is 1. The third-order valence-electron chi connectivity index (χ3n) is 4.79. The molecule has 31 heavy (non-hydrogen) atoms. The van der Waals surface area contributed by atoms with E-state index in [1.54, 1.807) is 12.1 Å². The lowest BCUT2D eigenvalue weighted by atomic mass is 10.2. The number of hydrogen-bond acceptors (Lipinski definition) is 4. The Kier molecular flexibility index (Phi) is 5.07. The van der Waals surface area contributed by atoms with Crippen molar-refractivity contribution in [1.29, 1.82) is 0 Å². The lowest BCUT2D eigenvalue weighted by Crippen LogP contribution is -2.10. The molecule has 0 bridgehead atoms. The van der Waals surface area contributed by atoms with Gasteiger partial charge in [-0.1, -0.05) is 0 Å². The molecule has 0 fully saturated rings. The van der Waals surface area contributed by atoms with Crippen molar-refractivity contribution in [2.75, 3.05) is 10.6 Å². The normalized spacial score (nSPS) is 10.8.